The van der Waals surface area contributed by atoms with Gasteiger partial charge in [-0.25, -0.2) is 0 Å². The largest absolute Gasteiger partial charge is 0.381 e. The molecule has 0 radical (unpaired) electrons. The van der Waals surface area contributed by atoms with E-state index in [1.165, 1.54) is 12.5 Å². The summed E-state index contributed by atoms with van der Waals surface area (Å²) in [5.74, 6) is -0.128. The highest BCUT2D eigenvalue weighted by Crippen LogP contribution is 2.48. The molecule has 2 aromatic carbocycles. The number of nitrogens with zero attached hydrogens (tertiary/aromatic N) is 3. The molecule has 1 saturated heterocycles. The van der Waals surface area contributed by atoms with E-state index in [0.29, 0.717) is 25.5 Å². The smallest absolute Gasteiger partial charge is 0.276 e. The molecule has 1 fully saturated rings. The number of rotatable bonds is 3. The van der Waals surface area contributed by atoms with Gasteiger partial charge in [-0.3, -0.25) is 14.3 Å². The first-order valence-corrected chi connectivity index (χ1v) is 10.9. The van der Waals surface area contributed by atoms with Gasteiger partial charge in [0.2, 0.25) is 5.91 Å². The van der Waals surface area contributed by atoms with Crippen LogP contribution in [0.15, 0.2) is 54.7 Å². The Morgan fingerprint density at radius 3 is 2.56 bits per heavy atom. The number of ether oxygens (including phenoxy) is 1. The number of aryl methyl sites for hydroxylation is 1. The average Bonchev–Trinajstić information content (AvgIpc) is 3.35. The summed E-state index contributed by atoms with van der Waals surface area (Å²) in [6.45, 7) is 3.53. The summed E-state index contributed by atoms with van der Waals surface area (Å²) in [7, 11) is 1.79. The van der Waals surface area contributed by atoms with Crippen molar-refractivity contribution in [2.75, 3.05) is 30.0 Å². The van der Waals surface area contributed by atoms with E-state index >= 15 is 0 Å². The number of hydrogen-bond acceptors (Lipinski definition) is 4. The second-order valence-electron chi connectivity index (χ2n) is 8.62. The van der Waals surface area contributed by atoms with E-state index in [-0.39, 0.29) is 17.2 Å². The standard InChI is InChI=1S/C25H26N4O3/c1-17(30)27-20-5-3-4-18(14-20)19-6-7-22-21(15-19)25(9-12-32-13-10-25)16-29(22)24(31)23-8-11-26-28(23)2/h3-8,11,14-15H,9-10,12-13,16H2,1-2H3,(H,27,30). The summed E-state index contributed by atoms with van der Waals surface area (Å²) >= 11 is 0. The minimum absolute atomic E-state index is 0.0324. The molecule has 3 aromatic rings. The SMILES string of the molecule is CC(=O)Nc1cccc(-c2ccc3c(c2)C2(CCOCC2)CN3C(=O)c2ccnn2C)c1. The van der Waals surface area contributed by atoms with Crippen LogP contribution in [0.1, 0.15) is 35.8 Å². The van der Waals surface area contributed by atoms with Crippen LogP contribution in [0.3, 0.4) is 0 Å². The molecule has 1 N–H and O–H groups in total. The highest BCUT2D eigenvalue weighted by molar-refractivity contribution is 6.07. The predicted octanol–water partition coefficient (Wildman–Crippen LogP) is 3.75. The topological polar surface area (TPSA) is 76.5 Å². The summed E-state index contributed by atoms with van der Waals surface area (Å²) in [6.07, 6.45) is 3.41. The molecule has 164 valence electrons. The maximum Gasteiger partial charge on any atom is 0.276 e. The minimum Gasteiger partial charge on any atom is -0.381 e. The fourth-order valence-electron chi connectivity index (χ4n) is 4.92. The van der Waals surface area contributed by atoms with E-state index in [4.69, 9.17) is 4.74 Å². The molecule has 5 rings (SSSR count). The van der Waals surface area contributed by atoms with Crippen molar-refractivity contribution in [3.8, 4) is 11.1 Å². The molecule has 0 bridgehead atoms. The molecule has 0 unspecified atom stereocenters. The van der Waals surface area contributed by atoms with Crippen molar-refractivity contribution < 1.29 is 14.3 Å². The molecule has 2 amide bonds. The predicted molar refractivity (Wildman–Crippen MR) is 123 cm³/mol. The molecule has 0 atom stereocenters. The first-order chi connectivity index (χ1) is 15.5. The van der Waals surface area contributed by atoms with Crippen LogP contribution >= 0.6 is 0 Å². The lowest BCUT2D eigenvalue weighted by Gasteiger charge is -2.34. The van der Waals surface area contributed by atoms with Crippen LogP contribution < -0.4 is 10.2 Å². The second kappa shape index (κ2) is 7.91. The summed E-state index contributed by atoms with van der Waals surface area (Å²) < 4.78 is 7.29. The van der Waals surface area contributed by atoms with Crippen molar-refractivity contribution in [1.82, 2.24) is 9.78 Å². The lowest BCUT2D eigenvalue weighted by Crippen LogP contribution is -2.41. The summed E-state index contributed by atoms with van der Waals surface area (Å²) in [4.78, 5) is 26.8. The molecule has 3 heterocycles. The molecule has 1 spiro atoms. The summed E-state index contributed by atoms with van der Waals surface area (Å²) in [5, 5.41) is 7.02. The number of fused-ring (bicyclic) bond motifs is 2. The molecule has 1 aromatic heterocycles. The van der Waals surface area contributed by atoms with Crippen LogP contribution in [0, 0.1) is 0 Å². The zero-order valence-corrected chi connectivity index (χ0v) is 18.3. The molecular weight excluding hydrogens is 404 g/mol. The van der Waals surface area contributed by atoms with Gasteiger partial charge in [-0.2, -0.15) is 5.10 Å². The normalized spacial score (nSPS) is 16.8. The molecule has 7 nitrogen and oxygen atoms in total. The number of anilines is 2. The number of amides is 2. The Morgan fingerprint density at radius 1 is 1.06 bits per heavy atom. The van der Waals surface area contributed by atoms with Gasteiger partial charge in [-0.1, -0.05) is 18.2 Å². The van der Waals surface area contributed by atoms with Crippen molar-refractivity contribution >= 4 is 23.2 Å². The fraction of sp³-hybridized carbons (Fsp3) is 0.320. The quantitative estimate of drug-likeness (QED) is 0.687. The Morgan fingerprint density at radius 2 is 1.84 bits per heavy atom. The van der Waals surface area contributed by atoms with Crippen molar-refractivity contribution in [3.63, 3.8) is 0 Å². The van der Waals surface area contributed by atoms with Gasteiger partial charge in [0, 0.05) is 56.7 Å². The monoisotopic (exact) mass is 430 g/mol. The fourth-order valence-corrected chi connectivity index (χ4v) is 4.92. The van der Waals surface area contributed by atoms with E-state index in [0.717, 1.165) is 35.3 Å². The third kappa shape index (κ3) is 3.48. The average molecular weight is 431 g/mol. The number of carbonyl (C=O) groups excluding carboxylic acids is 2. The third-order valence-corrected chi connectivity index (χ3v) is 6.57. The minimum atomic E-state index is -0.118. The van der Waals surface area contributed by atoms with Crippen molar-refractivity contribution in [2.45, 2.75) is 25.2 Å². The zero-order chi connectivity index (χ0) is 22.3. The summed E-state index contributed by atoms with van der Waals surface area (Å²) in [5.41, 5.74) is 5.47. The Hall–Kier alpha value is -3.45. The maximum absolute atomic E-state index is 13.4. The molecule has 0 aliphatic carbocycles. The van der Waals surface area contributed by atoms with E-state index in [2.05, 4.69) is 16.5 Å². The van der Waals surface area contributed by atoms with Gasteiger partial charge in [0.25, 0.3) is 5.91 Å². The van der Waals surface area contributed by atoms with Crippen LogP contribution in [0.4, 0.5) is 11.4 Å². The molecule has 32 heavy (non-hydrogen) atoms. The Balaban J connectivity index is 1.57. The highest BCUT2D eigenvalue weighted by Gasteiger charge is 2.46. The van der Waals surface area contributed by atoms with Crippen LogP contribution in [0.25, 0.3) is 11.1 Å². The van der Waals surface area contributed by atoms with Gasteiger partial charge in [-0.05, 0) is 59.9 Å². The Kier molecular flexibility index (Phi) is 5.06. The van der Waals surface area contributed by atoms with Crippen LogP contribution in [-0.2, 0) is 22.0 Å². The third-order valence-electron chi connectivity index (χ3n) is 6.57. The molecule has 0 saturated carbocycles. The lowest BCUT2D eigenvalue weighted by atomic mass is 9.75. The van der Waals surface area contributed by atoms with Crippen LogP contribution in [-0.4, -0.2) is 41.4 Å². The Labute approximate surface area is 187 Å². The first kappa shape index (κ1) is 20.5. The van der Waals surface area contributed by atoms with Crippen LogP contribution in [0.2, 0.25) is 0 Å². The van der Waals surface area contributed by atoms with Crippen molar-refractivity contribution in [2.24, 2.45) is 7.05 Å². The van der Waals surface area contributed by atoms with E-state index in [1.807, 2.05) is 41.3 Å². The zero-order valence-electron chi connectivity index (χ0n) is 18.3. The molecule has 7 heteroatoms. The first-order valence-electron chi connectivity index (χ1n) is 10.9. The number of aromatic nitrogens is 2. The molecule has 2 aliphatic heterocycles. The molecule has 2 aliphatic rings. The van der Waals surface area contributed by atoms with E-state index in [9.17, 15) is 9.59 Å². The van der Waals surface area contributed by atoms with Gasteiger partial charge >= 0.3 is 0 Å². The van der Waals surface area contributed by atoms with Crippen LogP contribution in [0.5, 0.6) is 0 Å². The van der Waals surface area contributed by atoms with Gasteiger partial charge in [0.15, 0.2) is 0 Å². The number of benzene rings is 2. The van der Waals surface area contributed by atoms with Gasteiger partial charge < -0.3 is 15.0 Å². The summed E-state index contributed by atoms with van der Waals surface area (Å²) in [6, 6.07) is 15.9. The highest BCUT2D eigenvalue weighted by atomic mass is 16.5. The second-order valence-corrected chi connectivity index (χ2v) is 8.62. The number of carbonyl (C=O) groups is 2. The van der Waals surface area contributed by atoms with E-state index in [1.54, 1.807) is 24.0 Å². The maximum atomic E-state index is 13.4. The molecular formula is C25H26N4O3. The van der Waals surface area contributed by atoms with E-state index < -0.39 is 0 Å². The number of nitrogens with one attached hydrogen (secondary N) is 1. The van der Waals surface area contributed by atoms with Gasteiger partial charge in [0.05, 0.1) is 0 Å². The van der Waals surface area contributed by atoms with Crippen molar-refractivity contribution in [1.29, 1.82) is 0 Å². The number of hydrogen-bond donors (Lipinski definition) is 1. The van der Waals surface area contributed by atoms with Gasteiger partial charge in [-0.15, -0.1) is 0 Å². The Bertz CT molecular complexity index is 1190. The lowest BCUT2D eigenvalue weighted by molar-refractivity contribution is -0.114. The van der Waals surface area contributed by atoms with Gasteiger partial charge in [0.1, 0.15) is 5.69 Å². The van der Waals surface area contributed by atoms with Crippen molar-refractivity contribution in [3.05, 3.63) is 66.0 Å².